The fraction of sp³-hybridized carbons (Fsp3) is 0.107. The van der Waals surface area contributed by atoms with Crippen LogP contribution in [0.3, 0.4) is 0 Å². The number of benzene rings is 3. The first kappa shape index (κ1) is 23.9. The van der Waals surface area contributed by atoms with Crippen LogP contribution in [-0.4, -0.2) is 20.7 Å². The highest BCUT2D eigenvalue weighted by atomic mass is 35.5. The summed E-state index contributed by atoms with van der Waals surface area (Å²) in [7, 11) is 0. The maximum Gasteiger partial charge on any atom is 0.251 e. The summed E-state index contributed by atoms with van der Waals surface area (Å²) in [6.07, 6.45) is 1.59. The molecule has 0 radical (unpaired) electrons. The van der Waals surface area contributed by atoms with Crippen molar-refractivity contribution in [3.05, 3.63) is 125 Å². The van der Waals surface area contributed by atoms with Crippen molar-refractivity contribution in [2.24, 2.45) is 0 Å². The van der Waals surface area contributed by atoms with Gasteiger partial charge in [0.1, 0.15) is 5.76 Å². The van der Waals surface area contributed by atoms with Gasteiger partial charge in [-0.3, -0.25) is 9.36 Å². The molecule has 1 N–H and O–H groups in total. The van der Waals surface area contributed by atoms with E-state index < -0.39 is 0 Å². The fourth-order valence-corrected chi connectivity index (χ4v) is 4.84. The van der Waals surface area contributed by atoms with Crippen LogP contribution in [0.5, 0.6) is 0 Å². The molecule has 8 heteroatoms. The number of carbonyl (C=O) groups is 1. The van der Waals surface area contributed by atoms with Gasteiger partial charge in [0.2, 0.25) is 0 Å². The highest BCUT2D eigenvalue weighted by molar-refractivity contribution is 7.98. The minimum absolute atomic E-state index is 0.141. The van der Waals surface area contributed by atoms with Gasteiger partial charge in [-0.25, -0.2) is 0 Å². The molecule has 0 aliphatic rings. The van der Waals surface area contributed by atoms with Crippen molar-refractivity contribution in [1.29, 1.82) is 0 Å². The summed E-state index contributed by atoms with van der Waals surface area (Å²) >= 11 is 8.08. The van der Waals surface area contributed by atoms with Crippen LogP contribution in [0, 0.1) is 0 Å². The molecule has 0 atom stereocenters. The molecule has 1 amide bonds. The molecule has 0 saturated carbocycles. The minimum atomic E-state index is -0.141. The molecular weight excluding hydrogens is 492 g/mol. The molecule has 0 fully saturated rings. The van der Waals surface area contributed by atoms with Crippen LogP contribution in [0.4, 0.5) is 0 Å². The van der Waals surface area contributed by atoms with Crippen LogP contribution in [0.2, 0.25) is 5.02 Å². The predicted octanol–water partition coefficient (Wildman–Crippen LogP) is 6.46. The lowest BCUT2D eigenvalue weighted by Crippen LogP contribution is -2.22. The lowest BCUT2D eigenvalue weighted by molar-refractivity contribution is 0.0948. The molecule has 0 bridgehead atoms. The summed E-state index contributed by atoms with van der Waals surface area (Å²) in [4.78, 5) is 12.4. The van der Waals surface area contributed by atoms with Crippen LogP contribution in [0.15, 0.2) is 107 Å². The van der Waals surface area contributed by atoms with Crippen LogP contribution in [-0.2, 0) is 18.8 Å². The van der Waals surface area contributed by atoms with E-state index in [0.29, 0.717) is 35.2 Å². The van der Waals surface area contributed by atoms with Crippen molar-refractivity contribution >= 4 is 29.3 Å². The Bertz CT molecular complexity index is 1430. The lowest BCUT2D eigenvalue weighted by atomic mass is 10.1. The number of rotatable bonds is 9. The molecule has 0 aliphatic heterocycles. The average Bonchev–Trinajstić information content (AvgIpc) is 3.58. The van der Waals surface area contributed by atoms with E-state index in [9.17, 15) is 4.79 Å². The van der Waals surface area contributed by atoms with Crippen molar-refractivity contribution in [3.63, 3.8) is 0 Å². The van der Waals surface area contributed by atoms with Gasteiger partial charge in [0, 0.05) is 16.9 Å². The van der Waals surface area contributed by atoms with Gasteiger partial charge in [-0.1, -0.05) is 78.0 Å². The second-order valence-electron chi connectivity index (χ2n) is 8.11. The zero-order valence-electron chi connectivity index (χ0n) is 19.3. The summed E-state index contributed by atoms with van der Waals surface area (Å²) in [6, 6.07) is 29.1. The Morgan fingerprint density at radius 2 is 1.67 bits per heavy atom. The SMILES string of the molecule is O=C(NCc1ccco1)c1ccc(CSc2nnc(-c3ccccc3Cl)n2Cc2ccccc2)cc1. The molecule has 3 aromatic carbocycles. The molecule has 0 aliphatic carbocycles. The van der Waals surface area contributed by atoms with E-state index in [-0.39, 0.29) is 5.91 Å². The van der Waals surface area contributed by atoms with E-state index in [1.807, 2.05) is 72.8 Å². The molecule has 2 heterocycles. The smallest absolute Gasteiger partial charge is 0.251 e. The van der Waals surface area contributed by atoms with E-state index in [4.69, 9.17) is 16.0 Å². The van der Waals surface area contributed by atoms with Gasteiger partial charge < -0.3 is 9.73 Å². The molecular formula is C28H23ClN4O2S. The molecule has 6 nitrogen and oxygen atoms in total. The van der Waals surface area contributed by atoms with E-state index in [2.05, 4.69) is 32.2 Å². The van der Waals surface area contributed by atoms with Gasteiger partial charge in [0.25, 0.3) is 5.91 Å². The first-order chi connectivity index (χ1) is 17.7. The second-order valence-corrected chi connectivity index (χ2v) is 9.46. The van der Waals surface area contributed by atoms with Gasteiger partial charge in [-0.2, -0.15) is 0 Å². The number of nitrogens with one attached hydrogen (secondary N) is 1. The summed E-state index contributed by atoms with van der Waals surface area (Å²) in [5.74, 6) is 1.99. The fourth-order valence-electron chi connectivity index (χ4n) is 3.73. The number of hydrogen-bond acceptors (Lipinski definition) is 5. The Balaban J connectivity index is 1.30. The number of aromatic nitrogens is 3. The summed E-state index contributed by atoms with van der Waals surface area (Å²) in [6.45, 7) is 0.986. The first-order valence-corrected chi connectivity index (χ1v) is 12.8. The number of furan rings is 1. The minimum Gasteiger partial charge on any atom is -0.467 e. The van der Waals surface area contributed by atoms with Gasteiger partial charge >= 0.3 is 0 Å². The van der Waals surface area contributed by atoms with Crippen LogP contribution in [0.25, 0.3) is 11.4 Å². The van der Waals surface area contributed by atoms with Crippen molar-refractivity contribution < 1.29 is 9.21 Å². The summed E-state index contributed by atoms with van der Waals surface area (Å²) in [5.41, 5.74) is 3.68. The van der Waals surface area contributed by atoms with Crippen LogP contribution in [0.1, 0.15) is 27.2 Å². The molecule has 0 unspecified atom stereocenters. The number of thioether (sulfide) groups is 1. The van der Waals surface area contributed by atoms with Crippen molar-refractivity contribution in [1.82, 2.24) is 20.1 Å². The maximum absolute atomic E-state index is 12.4. The monoisotopic (exact) mass is 514 g/mol. The Morgan fingerprint density at radius 3 is 2.42 bits per heavy atom. The lowest BCUT2D eigenvalue weighted by Gasteiger charge is -2.11. The Hall–Kier alpha value is -3.81. The van der Waals surface area contributed by atoms with Gasteiger partial charge in [0.15, 0.2) is 11.0 Å². The topological polar surface area (TPSA) is 73.0 Å². The third-order valence-corrected chi connectivity index (χ3v) is 6.97. The maximum atomic E-state index is 12.4. The number of hydrogen-bond donors (Lipinski definition) is 1. The van der Waals surface area contributed by atoms with Gasteiger partial charge in [-0.05, 0) is 47.5 Å². The Labute approximate surface area is 218 Å². The molecule has 5 aromatic rings. The summed E-state index contributed by atoms with van der Waals surface area (Å²) in [5, 5.41) is 13.3. The predicted molar refractivity (Wildman–Crippen MR) is 142 cm³/mol. The van der Waals surface area contributed by atoms with Gasteiger partial charge in [0.05, 0.1) is 24.4 Å². The zero-order chi connectivity index (χ0) is 24.7. The average molecular weight is 515 g/mol. The van der Waals surface area contributed by atoms with Crippen molar-refractivity contribution in [2.75, 3.05) is 0 Å². The van der Waals surface area contributed by atoms with Crippen LogP contribution >= 0.6 is 23.4 Å². The van der Waals surface area contributed by atoms with E-state index in [1.165, 1.54) is 0 Å². The molecule has 2 aromatic heterocycles. The molecule has 0 saturated heterocycles. The molecule has 0 spiro atoms. The normalized spacial score (nSPS) is 10.9. The number of amides is 1. The van der Waals surface area contributed by atoms with Crippen molar-refractivity contribution in [3.8, 4) is 11.4 Å². The van der Waals surface area contributed by atoms with Gasteiger partial charge in [-0.15, -0.1) is 10.2 Å². The van der Waals surface area contributed by atoms with E-state index >= 15 is 0 Å². The third kappa shape index (κ3) is 5.70. The molecule has 5 rings (SSSR count). The van der Waals surface area contributed by atoms with Crippen molar-refractivity contribution in [2.45, 2.75) is 24.0 Å². The number of nitrogens with zero attached hydrogens (tertiary/aromatic N) is 3. The third-order valence-electron chi connectivity index (χ3n) is 5.60. The highest BCUT2D eigenvalue weighted by Crippen LogP contribution is 2.31. The summed E-state index contributed by atoms with van der Waals surface area (Å²) < 4.78 is 7.35. The first-order valence-electron chi connectivity index (χ1n) is 11.4. The molecule has 36 heavy (non-hydrogen) atoms. The van der Waals surface area contributed by atoms with Crippen LogP contribution < -0.4 is 5.32 Å². The number of halogens is 1. The standard InChI is InChI=1S/C28H23ClN4O2S/c29-25-11-5-4-10-24(25)26-31-32-28(33(26)18-20-7-2-1-3-8-20)36-19-21-12-14-22(15-13-21)27(34)30-17-23-9-6-16-35-23/h1-16H,17-19H2,(H,30,34). The van der Waals surface area contributed by atoms with E-state index in [1.54, 1.807) is 24.1 Å². The number of carbonyl (C=O) groups excluding carboxylic acids is 1. The second kappa shape index (κ2) is 11.3. The molecule has 180 valence electrons. The largest absolute Gasteiger partial charge is 0.467 e. The zero-order valence-corrected chi connectivity index (χ0v) is 20.9. The highest BCUT2D eigenvalue weighted by Gasteiger charge is 2.17. The Kier molecular flexibility index (Phi) is 7.50. The van der Waals surface area contributed by atoms with E-state index in [0.717, 1.165) is 27.7 Å². The quantitative estimate of drug-likeness (QED) is 0.228. The Morgan fingerprint density at radius 1 is 0.889 bits per heavy atom.